The predicted octanol–water partition coefficient (Wildman–Crippen LogP) is 5.02. The molecule has 0 aliphatic rings. The van der Waals surface area contributed by atoms with E-state index in [0.717, 1.165) is 24.2 Å². The second-order valence-electron chi connectivity index (χ2n) is 8.33. The maximum absolute atomic E-state index is 12.8. The first-order valence-corrected chi connectivity index (χ1v) is 10.9. The molecule has 0 fully saturated rings. The van der Waals surface area contributed by atoms with E-state index in [9.17, 15) is 9.59 Å². The Morgan fingerprint density at radius 1 is 1.23 bits per heavy atom. The van der Waals surface area contributed by atoms with Gasteiger partial charge in [0.25, 0.3) is 0 Å². The molecule has 164 valence electrons. The van der Waals surface area contributed by atoms with Crippen LogP contribution in [-0.2, 0) is 15.0 Å². The number of halogens is 2. The zero-order chi connectivity index (χ0) is 22.5. The van der Waals surface area contributed by atoms with Crippen molar-refractivity contribution in [1.29, 1.82) is 0 Å². The van der Waals surface area contributed by atoms with Gasteiger partial charge in [-0.3, -0.25) is 9.59 Å². The summed E-state index contributed by atoms with van der Waals surface area (Å²) in [5.74, 6) is -0.0109. The summed E-state index contributed by atoms with van der Waals surface area (Å²) in [6.45, 7) is 10.2. The lowest BCUT2D eigenvalue weighted by atomic mass is 9.92. The summed E-state index contributed by atoms with van der Waals surface area (Å²) in [5.41, 5.74) is 1.41. The van der Waals surface area contributed by atoms with Gasteiger partial charge in [0, 0.05) is 23.0 Å². The molecule has 1 aromatic heterocycles. The maximum atomic E-state index is 12.8. The quantitative estimate of drug-likeness (QED) is 0.571. The maximum Gasteiger partial charge on any atom is 0.245 e. The van der Waals surface area contributed by atoms with Gasteiger partial charge < -0.3 is 10.2 Å². The van der Waals surface area contributed by atoms with E-state index >= 15 is 0 Å². The third kappa shape index (κ3) is 6.47. The number of anilines is 1. The van der Waals surface area contributed by atoms with Gasteiger partial charge in [-0.25, -0.2) is 4.68 Å². The number of nitrogens with zero attached hydrogens (tertiary/aromatic N) is 3. The van der Waals surface area contributed by atoms with Gasteiger partial charge in [-0.05, 0) is 37.6 Å². The van der Waals surface area contributed by atoms with Crippen LogP contribution >= 0.6 is 23.2 Å². The van der Waals surface area contributed by atoms with Crippen molar-refractivity contribution in [3.8, 4) is 5.69 Å². The van der Waals surface area contributed by atoms with Gasteiger partial charge in [0.1, 0.15) is 11.2 Å². The number of carbonyl (C=O) groups excluding carboxylic acids is 2. The van der Waals surface area contributed by atoms with E-state index in [0.29, 0.717) is 17.4 Å². The SMILES string of the molecule is CCCCN(CC(=O)Nc1cc(C(C)(C)C)nn1-c1ccc(Cl)cc1)C(=O)C(C)Cl. The zero-order valence-electron chi connectivity index (χ0n) is 18.2. The van der Waals surface area contributed by atoms with E-state index in [2.05, 4.69) is 31.2 Å². The molecule has 0 bridgehead atoms. The number of rotatable bonds is 8. The van der Waals surface area contributed by atoms with Gasteiger partial charge >= 0.3 is 0 Å². The Morgan fingerprint density at radius 2 is 1.87 bits per heavy atom. The lowest BCUT2D eigenvalue weighted by molar-refractivity contribution is -0.134. The Labute approximate surface area is 188 Å². The van der Waals surface area contributed by atoms with Crippen molar-refractivity contribution in [2.75, 3.05) is 18.4 Å². The van der Waals surface area contributed by atoms with Crippen LogP contribution in [0, 0.1) is 0 Å². The Balaban J connectivity index is 2.28. The molecule has 2 aromatic rings. The van der Waals surface area contributed by atoms with Crippen molar-refractivity contribution in [2.45, 2.75) is 58.3 Å². The third-order valence-corrected chi connectivity index (χ3v) is 5.02. The summed E-state index contributed by atoms with van der Waals surface area (Å²) in [6.07, 6.45) is 1.72. The molecule has 6 nitrogen and oxygen atoms in total. The summed E-state index contributed by atoms with van der Waals surface area (Å²) in [5, 5.41) is 7.53. The molecule has 0 spiro atoms. The minimum atomic E-state index is -0.679. The molecule has 0 radical (unpaired) electrons. The molecule has 1 N–H and O–H groups in total. The number of hydrogen-bond donors (Lipinski definition) is 1. The standard InChI is InChI=1S/C22H30Cl2N4O2/c1-6-7-12-27(21(30)15(2)23)14-20(29)25-19-13-18(22(3,4)5)26-28(19)17-10-8-16(24)9-11-17/h8-11,13,15H,6-7,12,14H2,1-5H3,(H,25,29). The number of benzene rings is 1. The molecular weight excluding hydrogens is 423 g/mol. The second-order valence-corrected chi connectivity index (χ2v) is 9.42. The first-order valence-electron chi connectivity index (χ1n) is 10.1. The summed E-state index contributed by atoms with van der Waals surface area (Å²) in [4.78, 5) is 26.7. The predicted molar refractivity (Wildman–Crippen MR) is 123 cm³/mol. The van der Waals surface area contributed by atoms with Crippen molar-refractivity contribution in [2.24, 2.45) is 0 Å². The van der Waals surface area contributed by atoms with E-state index in [-0.39, 0.29) is 23.8 Å². The fourth-order valence-corrected chi connectivity index (χ4v) is 3.10. The third-order valence-electron chi connectivity index (χ3n) is 4.58. The second kappa shape index (κ2) is 10.3. The molecule has 1 unspecified atom stereocenters. The van der Waals surface area contributed by atoms with Crippen molar-refractivity contribution >= 4 is 40.8 Å². The van der Waals surface area contributed by atoms with Crippen LogP contribution < -0.4 is 5.32 Å². The normalized spacial score (nSPS) is 12.5. The largest absolute Gasteiger partial charge is 0.332 e. The lowest BCUT2D eigenvalue weighted by Crippen LogP contribution is -2.41. The minimum Gasteiger partial charge on any atom is -0.332 e. The van der Waals surface area contributed by atoms with Crippen LogP contribution in [0.4, 0.5) is 5.82 Å². The zero-order valence-corrected chi connectivity index (χ0v) is 19.7. The van der Waals surface area contributed by atoms with E-state index < -0.39 is 5.38 Å². The number of carbonyl (C=O) groups is 2. The fourth-order valence-electron chi connectivity index (χ4n) is 2.84. The highest BCUT2D eigenvalue weighted by Crippen LogP contribution is 2.27. The number of nitrogens with one attached hydrogen (secondary N) is 1. The number of unbranched alkanes of at least 4 members (excludes halogenated alkanes) is 1. The highest BCUT2D eigenvalue weighted by Gasteiger charge is 2.24. The molecule has 8 heteroatoms. The summed E-state index contributed by atoms with van der Waals surface area (Å²) in [7, 11) is 0. The van der Waals surface area contributed by atoms with Crippen LogP contribution in [0.25, 0.3) is 5.69 Å². The molecule has 30 heavy (non-hydrogen) atoms. The molecule has 0 aliphatic heterocycles. The van der Waals surface area contributed by atoms with Gasteiger partial charge in [0.2, 0.25) is 11.8 Å². The fraction of sp³-hybridized carbons (Fsp3) is 0.500. The molecule has 0 saturated carbocycles. The molecular formula is C22H30Cl2N4O2. The Kier molecular flexibility index (Phi) is 8.33. The van der Waals surface area contributed by atoms with Gasteiger partial charge in [0.15, 0.2) is 0 Å². The monoisotopic (exact) mass is 452 g/mol. The van der Waals surface area contributed by atoms with Gasteiger partial charge in [-0.15, -0.1) is 11.6 Å². The topological polar surface area (TPSA) is 67.2 Å². The number of hydrogen-bond acceptors (Lipinski definition) is 3. The molecule has 1 atom stereocenters. The summed E-state index contributed by atoms with van der Waals surface area (Å²) < 4.78 is 1.68. The van der Waals surface area contributed by atoms with Crippen LogP contribution in [0.2, 0.25) is 5.02 Å². The molecule has 2 rings (SSSR count). The van der Waals surface area contributed by atoms with Crippen LogP contribution in [0.1, 0.15) is 53.2 Å². The number of alkyl halides is 1. The number of amides is 2. The smallest absolute Gasteiger partial charge is 0.245 e. The molecule has 2 amide bonds. The van der Waals surface area contributed by atoms with E-state index in [4.69, 9.17) is 23.2 Å². The first kappa shape index (κ1) is 24.2. The van der Waals surface area contributed by atoms with E-state index in [1.54, 1.807) is 23.7 Å². The molecule has 1 heterocycles. The van der Waals surface area contributed by atoms with Crippen LogP contribution in [0.15, 0.2) is 30.3 Å². The van der Waals surface area contributed by atoms with Crippen LogP contribution in [0.3, 0.4) is 0 Å². The van der Waals surface area contributed by atoms with E-state index in [1.807, 2.05) is 25.1 Å². The molecule has 0 saturated heterocycles. The average molecular weight is 453 g/mol. The summed E-state index contributed by atoms with van der Waals surface area (Å²) in [6, 6.07) is 9.07. The average Bonchev–Trinajstić information content (AvgIpc) is 3.09. The van der Waals surface area contributed by atoms with Gasteiger partial charge in [0.05, 0.1) is 17.9 Å². The van der Waals surface area contributed by atoms with Gasteiger partial charge in [-0.2, -0.15) is 5.10 Å². The van der Waals surface area contributed by atoms with Crippen LogP contribution in [0.5, 0.6) is 0 Å². The van der Waals surface area contributed by atoms with Crippen molar-refractivity contribution in [3.63, 3.8) is 0 Å². The Morgan fingerprint density at radius 3 is 2.40 bits per heavy atom. The Bertz CT molecular complexity index is 870. The van der Waals surface area contributed by atoms with Gasteiger partial charge in [-0.1, -0.05) is 45.7 Å². The summed E-state index contributed by atoms with van der Waals surface area (Å²) >= 11 is 12.0. The highest BCUT2D eigenvalue weighted by molar-refractivity contribution is 6.30. The van der Waals surface area contributed by atoms with Crippen molar-refractivity contribution in [1.82, 2.24) is 14.7 Å². The van der Waals surface area contributed by atoms with Crippen molar-refractivity contribution < 1.29 is 9.59 Å². The van der Waals surface area contributed by atoms with Crippen LogP contribution in [-0.4, -0.2) is 45.0 Å². The minimum absolute atomic E-state index is 0.0630. The van der Waals surface area contributed by atoms with E-state index in [1.165, 1.54) is 4.90 Å². The number of aromatic nitrogens is 2. The molecule has 0 aliphatic carbocycles. The Hall–Kier alpha value is -2.05. The lowest BCUT2D eigenvalue weighted by Gasteiger charge is -2.23. The highest BCUT2D eigenvalue weighted by atomic mass is 35.5. The molecule has 1 aromatic carbocycles. The van der Waals surface area contributed by atoms with Crippen molar-refractivity contribution in [3.05, 3.63) is 41.0 Å². The first-order chi connectivity index (χ1) is 14.0.